The van der Waals surface area contributed by atoms with Crippen molar-refractivity contribution in [1.82, 2.24) is 10.9 Å². The predicted molar refractivity (Wildman–Crippen MR) is 124 cm³/mol. The van der Waals surface area contributed by atoms with E-state index in [0.29, 0.717) is 23.8 Å². The molecule has 3 rings (SSSR count). The number of hydrazine groups is 1. The van der Waals surface area contributed by atoms with E-state index < -0.39 is 11.7 Å². The van der Waals surface area contributed by atoms with Crippen molar-refractivity contribution in [2.45, 2.75) is 95.7 Å². The van der Waals surface area contributed by atoms with E-state index >= 15 is 0 Å². The monoisotopic (exact) mass is 448 g/mol. The molecule has 4 N–H and O–H groups in total. The largest absolute Gasteiger partial charge is 0.469 e. The van der Waals surface area contributed by atoms with Gasteiger partial charge in [0.25, 0.3) is 5.91 Å². The van der Waals surface area contributed by atoms with E-state index in [9.17, 15) is 14.0 Å². The van der Waals surface area contributed by atoms with Crippen LogP contribution in [-0.2, 0) is 9.53 Å². The van der Waals surface area contributed by atoms with Gasteiger partial charge in [0.05, 0.1) is 18.4 Å². The van der Waals surface area contributed by atoms with Gasteiger partial charge in [0.15, 0.2) is 0 Å². The van der Waals surface area contributed by atoms with E-state index in [1.165, 1.54) is 19.6 Å². The van der Waals surface area contributed by atoms with Crippen LogP contribution in [0.3, 0.4) is 0 Å². The van der Waals surface area contributed by atoms with Gasteiger partial charge in [-0.25, -0.2) is 9.82 Å². The second-order valence-corrected chi connectivity index (χ2v) is 9.10. The average Bonchev–Trinajstić information content (AvgIpc) is 3.31. The fourth-order valence-electron chi connectivity index (χ4n) is 4.51. The molecule has 0 aromatic heterocycles. The smallest absolute Gasteiger partial charge is 0.305 e. The van der Waals surface area contributed by atoms with Crippen molar-refractivity contribution in [1.29, 1.82) is 0 Å². The standard InChI is InChI=1S/C24H37FN4O3/c1-16(12-13-23(30)32-2)28-29-24(31)19-14-20(25)22(27-18-8-4-3-5-9-18)15-21(19)26-17-10-6-7-11-17/h14-18,26-28H,3-13H2,1-2H3,(H,29,31). The molecular weight excluding hydrogens is 411 g/mol. The number of methoxy groups -OCH3 is 1. The van der Waals surface area contributed by atoms with Crippen molar-refractivity contribution in [2.24, 2.45) is 0 Å². The highest BCUT2D eigenvalue weighted by atomic mass is 19.1. The highest BCUT2D eigenvalue weighted by molar-refractivity contribution is 6.00. The van der Waals surface area contributed by atoms with Gasteiger partial charge >= 0.3 is 5.97 Å². The van der Waals surface area contributed by atoms with Crippen molar-refractivity contribution in [3.8, 4) is 0 Å². The number of hydrogen-bond acceptors (Lipinski definition) is 6. The minimum Gasteiger partial charge on any atom is -0.469 e. The number of carbonyl (C=O) groups excluding carboxylic acids is 2. The number of rotatable bonds is 10. The number of benzene rings is 1. The van der Waals surface area contributed by atoms with Crippen LogP contribution in [0.25, 0.3) is 0 Å². The zero-order valence-electron chi connectivity index (χ0n) is 19.3. The molecule has 2 aliphatic carbocycles. The molecule has 8 heteroatoms. The number of hydrogen-bond donors (Lipinski definition) is 4. The molecule has 1 unspecified atom stereocenters. The van der Waals surface area contributed by atoms with E-state index in [4.69, 9.17) is 0 Å². The summed E-state index contributed by atoms with van der Waals surface area (Å²) in [6, 6.07) is 3.49. The van der Waals surface area contributed by atoms with Gasteiger partial charge in [0.2, 0.25) is 0 Å². The summed E-state index contributed by atoms with van der Waals surface area (Å²) in [5, 5.41) is 6.83. The van der Waals surface area contributed by atoms with E-state index in [1.54, 1.807) is 6.07 Å². The van der Waals surface area contributed by atoms with Crippen LogP contribution < -0.4 is 21.5 Å². The van der Waals surface area contributed by atoms with Gasteiger partial charge in [-0.15, -0.1) is 0 Å². The Morgan fingerprint density at radius 2 is 1.59 bits per heavy atom. The zero-order valence-corrected chi connectivity index (χ0v) is 19.3. The Hall–Kier alpha value is -2.35. The number of esters is 1. The molecule has 0 spiro atoms. The minimum atomic E-state index is -0.420. The van der Waals surface area contributed by atoms with E-state index in [1.807, 2.05) is 6.92 Å². The first-order valence-electron chi connectivity index (χ1n) is 12.0. The lowest BCUT2D eigenvalue weighted by Gasteiger charge is -2.25. The van der Waals surface area contributed by atoms with Crippen LogP contribution in [0.5, 0.6) is 0 Å². The fraction of sp³-hybridized carbons (Fsp3) is 0.667. The Bertz CT molecular complexity index is 777. The number of ether oxygens (including phenoxy) is 1. The van der Waals surface area contributed by atoms with Gasteiger partial charge in [-0.1, -0.05) is 32.1 Å². The third-order valence-corrected chi connectivity index (χ3v) is 6.47. The second kappa shape index (κ2) is 12.0. The molecular formula is C24H37FN4O3. The first-order chi connectivity index (χ1) is 15.5. The average molecular weight is 449 g/mol. The summed E-state index contributed by atoms with van der Waals surface area (Å²) in [6.45, 7) is 1.86. The minimum absolute atomic E-state index is 0.138. The van der Waals surface area contributed by atoms with Crippen LogP contribution in [0, 0.1) is 5.82 Å². The van der Waals surface area contributed by atoms with Gasteiger partial charge in [-0.3, -0.25) is 15.0 Å². The molecule has 0 heterocycles. The summed E-state index contributed by atoms with van der Waals surface area (Å²) >= 11 is 0. The lowest BCUT2D eigenvalue weighted by molar-refractivity contribution is -0.140. The van der Waals surface area contributed by atoms with Crippen molar-refractivity contribution >= 4 is 23.3 Å². The molecule has 32 heavy (non-hydrogen) atoms. The fourth-order valence-corrected chi connectivity index (χ4v) is 4.51. The van der Waals surface area contributed by atoms with Gasteiger partial charge in [0, 0.05) is 30.2 Å². The second-order valence-electron chi connectivity index (χ2n) is 9.10. The van der Waals surface area contributed by atoms with Crippen LogP contribution in [0.1, 0.15) is 87.9 Å². The van der Waals surface area contributed by atoms with Crippen molar-refractivity contribution < 1.29 is 18.7 Å². The van der Waals surface area contributed by atoms with Crippen LogP contribution in [-0.4, -0.2) is 37.1 Å². The number of nitrogens with one attached hydrogen (secondary N) is 4. The molecule has 7 nitrogen and oxygen atoms in total. The van der Waals surface area contributed by atoms with Crippen LogP contribution >= 0.6 is 0 Å². The van der Waals surface area contributed by atoms with E-state index in [2.05, 4.69) is 26.2 Å². The maximum absolute atomic E-state index is 15.0. The maximum atomic E-state index is 15.0. The Labute approximate surface area is 190 Å². The Kier molecular flexibility index (Phi) is 9.14. The molecule has 2 fully saturated rings. The van der Waals surface area contributed by atoms with E-state index in [0.717, 1.165) is 51.4 Å². The Morgan fingerprint density at radius 1 is 1.00 bits per heavy atom. The van der Waals surface area contributed by atoms with Gasteiger partial charge < -0.3 is 15.4 Å². The molecule has 1 amide bonds. The highest BCUT2D eigenvalue weighted by Gasteiger charge is 2.22. The zero-order chi connectivity index (χ0) is 22.9. The first kappa shape index (κ1) is 24.3. The summed E-state index contributed by atoms with van der Waals surface area (Å²) in [4.78, 5) is 24.2. The predicted octanol–water partition coefficient (Wildman–Crippen LogP) is 4.50. The number of amides is 1. The van der Waals surface area contributed by atoms with Crippen LogP contribution in [0.15, 0.2) is 12.1 Å². The molecule has 178 valence electrons. The molecule has 2 aliphatic rings. The van der Waals surface area contributed by atoms with Crippen molar-refractivity contribution in [3.05, 3.63) is 23.5 Å². The molecule has 0 radical (unpaired) electrons. The van der Waals surface area contributed by atoms with Crippen LogP contribution in [0.4, 0.5) is 15.8 Å². The van der Waals surface area contributed by atoms with Crippen molar-refractivity contribution in [3.63, 3.8) is 0 Å². The molecule has 0 aliphatic heterocycles. The normalized spacial score (nSPS) is 18.2. The molecule has 1 atom stereocenters. The third-order valence-electron chi connectivity index (χ3n) is 6.47. The third kappa shape index (κ3) is 7.08. The summed E-state index contributed by atoms with van der Waals surface area (Å²) < 4.78 is 19.6. The quantitative estimate of drug-likeness (QED) is 0.311. The Morgan fingerprint density at radius 3 is 2.22 bits per heavy atom. The SMILES string of the molecule is COC(=O)CCC(C)NNC(=O)c1cc(F)c(NC2CCCCC2)cc1NC1CCCC1. The van der Waals surface area contributed by atoms with Crippen molar-refractivity contribution in [2.75, 3.05) is 17.7 Å². The highest BCUT2D eigenvalue weighted by Crippen LogP contribution is 2.30. The molecule has 0 saturated heterocycles. The lowest BCUT2D eigenvalue weighted by Crippen LogP contribution is -2.43. The molecule has 1 aromatic carbocycles. The lowest BCUT2D eigenvalue weighted by atomic mass is 9.95. The van der Waals surface area contributed by atoms with Crippen LogP contribution in [0.2, 0.25) is 0 Å². The summed E-state index contributed by atoms with van der Waals surface area (Å²) in [7, 11) is 1.35. The van der Waals surface area contributed by atoms with Gasteiger partial charge in [-0.05, 0) is 51.2 Å². The summed E-state index contributed by atoms with van der Waals surface area (Å²) in [5.41, 5.74) is 6.95. The van der Waals surface area contributed by atoms with Gasteiger partial charge in [0.1, 0.15) is 5.82 Å². The van der Waals surface area contributed by atoms with E-state index in [-0.39, 0.29) is 30.0 Å². The molecule has 2 saturated carbocycles. The maximum Gasteiger partial charge on any atom is 0.305 e. The topological polar surface area (TPSA) is 91.5 Å². The number of halogens is 1. The first-order valence-corrected chi connectivity index (χ1v) is 12.0. The number of carbonyl (C=O) groups is 2. The summed E-state index contributed by atoms with van der Waals surface area (Å²) in [6.07, 6.45) is 10.8. The molecule has 1 aromatic rings. The number of anilines is 2. The Balaban J connectivity index is 1.69. The summed E-state index contributed by atoms with van der Waals surface area (Å²) in [5.74, 6) is -1.12. The van der Waals surface area contributed by atoms with Gasteiger partial charge in [-0.2, -0.15) is 0 Å². The molecule has 0 bridgehead atoms.